The van der Waals surface area contributed by atoms with Crippen LogP contribution >= 0.6 is 11.6 Å². The molecule has 3 rings (SSSR count). The number of ether oxygens (including phenoxy) is 1. The van der Waals surface area contributed by atoms with Gasteiger partial charge in [-0.3, -0.25) is 9.59 Å². The number of piperidine rings is 1. The first-order chi connectivity index (χ1) is 13.6. The van der Waals surface area contributed by atoms with Gasteiger partial charge in [-0.1, -0.05) is 23.2 Å². The molecule has 2 saturated heterocycles. The quantitative estimate of drug-likeness (QED) is 0.727. The molecule has 1 aromatic rings. The fourth-order valence-electron chi connectivity index (χ4n) is 3.65. The number of likely N-dealkylation sites (tertiary alicyclic amines) is 1. The lowest BCUT2D eigenvalue weighted by molar-refractivity contribution is -0.133. The van der Waals surface area contributed by atoms with Crippen LogP contribution in [0.2, 0.25) is 5.15 Å². The molecule has 0 saturated carbocycles. The standard InChI is InChI=1S/C19H29ClN4O4/c20-17-12-16(28-22-17)4-5-18(25)24-10-11-27-14-15(13-24)19(26)21-6-9-23-7-2-1-3-8-23/h12,15H,1-11,13-14H2,(H,21,26). The Kier molecular flexibility index (Phi) is 8.12. The lowest BCUT2D eigenvalue weighted by atomic mass is 10.1. The fourth-order valence-corrected chi connectivity index (χ4v) is 3.81. The summed E-state index contributed by atoms with van der Waals surface area (Å²) >= 11 is 5.73. The number of hydrogen-bond donors (Lipinski definition) is 1. The lowest BCUT2D eigenvalue weighted by Gasteiger charge is -2.27. The van der Waals surface area contributed by atoms with Gasteiger partial charge in [-0.2, -0.15) is 0 Å². The van der Waals surface area contributed by atoms with Gasteiger partial charge in [0.2, 0.25) is 11.8 Å². The van der Waals surface area contributed by atoms with Crippen LogP contribution in [0.5, 0.6) is 0 Å². The molecule has 2 aliphatic rings. The number of amides is 2. The van der Waals surface area contributed by atoms with Crippen molar-refractivity contribution >= 4 is 23.4 Å². The third kappa shape index (κ3) is 6.46. The van der Waals surface area contributed by atoms with Crippen molar-refractivity contribution in [2.24, 2.45) is 5.92 Å². The number of nitrogens with zero attached hydrogens (tertiary/aromatic N) is 3. The molecular formula is C19H29ClN4O4. The third-order valence-electron chi connectivity index (χ3n) is 5.28. The second-order valence-electron chi connectivity index (χ2n) is 7.42. The minimum atomic E-state index is -0.340. The highest BCUT2D eigenvalue weighted by Gasteiger charge is 2.27. The number of rotatable bonds is 7. The molecule has 2 amide bonds. The van der Waals surface area contributed by atoms with Crippen molar-refractivity contribution in [2.75, 3.05) is 52.5 Å². The normalized spacial score (nSPS) is 21.3. The van der Waals surface area contributed by atoms with Gasteiger partial charge in [-0.25, -0.2) is 0 Å². The number of hydrogen-bond acceptors (Lipinski definition) is 6. The van der Waals surface area contributed by atoms with E-state index in [1.165, 1.54) is 19.3 Å². The lowest BCUT2D eigenvalue weighted by Crippen LogP contribution is -2.44. The highest BCUT2D eigenvalue weighted by Crippen LogP contribution is 2.14. The van der Waals surface area contributed by atoms with Crippen molar-refractivity contribution in [2.45, 2.75) is 32.1 Å². The summed E-state index contributed by atoms with van der Waals surface area (Å²) in [5, 5.41) is 6.90. The SMILES string of the molecule is O=C(NCCN1CCCCC1)C1COCCN(C(=O)CCc2cc(Cl)no2)C1. The zero-order valence-corrected chi connectivity index (χ0v) is 17.0. The summed E-state index contributed by atoms with van der Waals surface area (Å²) in [5.74, 6) is 0.173. The Morgan fingerprint density at radius 1 is 1.25 bits per heavy atom. The van der Waals surface area contributed by atoms with Crippen LogP contribution in [-0.2, 0) is 20.7 Å². The highest BCUT2D eigenvalue weighted by molar-refractivity contribution is 6.29. The van der Waals surface area contributed by atoms with E-state index in [0.717, 1.165) is 19.6 Å². The third-order valence-corrected chi connectivity index (χ3v) is 5.46. The molecule has 0 spiro atoms. The number of carbonyl (C=O) groups is 2. The highest BCUT2D eigenvalue weighted by atomic mass is 35.5. The summed E-state index contributed by atoms with van der Waals surface area (Å²) in [7, 11) is 0. The molecular weight excluding hydrogens is 384 g/mol. The van der Waals surface area contributed by atoms with Crippen LogP contribution in [0.4, 0.5) is 0 Å². The molecule has 9 heteroatoms. The number of halogens is 1. The summed E-state index contributed by atoms with van der Waals surface area (Å²) in [5.41, 5.74) is 0. The molecule has 1 atom stereocenters. The summed E-state index contributed by atoms with van der Waals surface area (Å²) in [6.07, 6.45) is 4.50. The van der Waals surface area contributed by atoms with Gasteiger partial charge in [-0.15, -0.1) is 0 Å². The molecule has 1 N–H and O–H groups in total. The largest absolute Gasteiger partial charge is 0.379 e. The molecule has 2 aliphatic heterocycles. The van der Waals surface area contributed by atoms with Crippen LogP contribution in [0, 0.1) is 5.92 Å². The Morgan fingerprint density at radius 3 is 2.82 bits per heavy atom. The molecule has 0 aromatic carbocycles. The molecule has 3 heterocycles. The van der Waals surface area contributed by atoms with Crippen molar-refractivity contribution in [3.8, 4) is 0 Å². The number of aromatic nitrogens is 1. The van der Waals surface area contributed by atoms with E-state index in [1.807, 2.05) is 0 Å². The molecule has 2 fully saturated rings. The number of carbonyl (C=O) groups excluding carboxylic acids is 2. The fraction of sp³-hybridized carbons (Fsp3) is 0.737. The first-order valence-corrected chi connectivity index (χ1v) is 10.5. The first kappa shape index (κ1) is 21.1. The zero-order valence-electron chi connectivity index (χ0n) is 16.2. The Morgan fingerprint density at radius 2 is 2.07 bits per heavy atom. The van der Waals surface area contributed by atoms with Gasteiger partial charge in [0.15, 0.2) is 5.15 Å². The first-order valence-electron chi connectivity index (χ1n) is 10.1. The van der Waals surface area contributed by atoms with Crippen LogP contribution in [0.1, 0.15) is 31.4 Å². The molecule has 0 radical (unpaired) electrons. The van der Waals surface area contributed by atoms with Crippen molar-refractivity contribution in [3.05, 3.63) is 17.0 Å². The van der Waals surface area contributed by atoms with E-state index in [-0.39, 0.29) is 29.3 Å². The minimum Gasteiger partial charge on any atom is -0.379 e. The van der Waals surface area contributed by atoms with Crippen molar-refractivity contribution in [3.63, 3.8) is 0 Å². The van der Waals surface area contributed by atoms with Crippen LogP contribution in [0.15, 0.2) is 10.6 Å². The van der Waals surface area contributed by atoms with E-state index in [2.05, 4.69) is 15.4 Å². The van der Waals surface area contributed by atoms with Crippen LogP contribution in [-0.4, -0.2) is 79.3 Å². The maximum Gasteiger partial charge on any atom is 0.227 e. The summed E-state index contributed by atoms with van der Waals surface area (Å²) in [6, 6.07) is 1.61. The molecule has 1 aromatic heterocycles. The topological polar surface area (TPSA) is 87.9 Å². The smallest absolute Gasteiger partial charge is 0.227 e. The average molecular weight is 413 g/mol. The number of nitrogens with one attached hydrogen (secondary N) is 1. The van der Waals surface area contributed by atoms with E-state index in [0.29, 0.717) is 45.0 Å². The van der Waals surface area contributed by atoms with Crippen molar-refractivity contribution < 1.29 is 18.8 Å². The molecule has 28 heavy (non-hydrogen) atoms. The molecule has 1 unspecified atom stereocenters. The minimum absolute atomic E-state index is 0.0239. The van der Waals surface area contributed by atoms with Gasteiger partial charge in [0, 0.05) is 45.1 Å². The predicted molar refractivity (Wildman–Crippen MR) is 104 cm³/mol. The van der Waals surface area contributed by atoms with Gasteiger partial charge >= 0.3 is 0 Å². The maximum absolute atomic E-state index is 12.6. The van der Waals surface area contributed by atoms with Gasteiger partial charge in [0.05, 0.1) is 19.1 Å². The van der Waals surface area contributed by atoms with Crippen molar-refractivity contribution in [1.82, 2.24) is 20.3 Å². The zero-order chi connectivity index (χ0) is 19.8. The van der Waals surface area contributed by atoms with Crippen molar-refractivity contribution in [1.29, 1.82) is 0 Å². The monoisotopic (exact) mass is 412 g/mol. The second kappa shape index (κ2) is 10.8. The average Bonchev–Trinajstić information content (AvgIpc) is 2.97. The van der Waals surface area contributed by atoms with E-state index in [1.54, 1.807) is 11.0 Å². The summed E-state index contributed by atoms with van der Waals surface area (Å²) in [4.78, 5) is 29.2. The molecule has 8 nitrogen and oxygen atoms in total. The van der Waals surface area contributed by atoms with E-state index >= 15 is 0 Å². The predicted octanol–water partition coefficient (Wildman–Crippen LogP) is 1.34. The summed E-state index contributed by atoms with van der Waals surface area (Å²) in [6.45, 7) is 5.40. The van der Waals surface area contributed by atoms with E-state index in [4.69, 9.17) is 20.9 Å². The van der Waals surface area contributed by atoms with E-state index < -0.39 is 0 Å². The van der Waals surface area contributed by atoms with Gasteiger partial charge in [0.1, 0.15) is 5.76 Å². The van der Waals surface area contributed by atoms with Gasteiger partial charge < -0.3 is 24.4 Å². The molecule has 156 valence electrons. The summed E-state index contributed by atoms with van der Waals surface area (Å²) < 4.78 is 10.6. The molecule has 0 bridgehead atoms. The Hall–Kier alpha value is -1.64. The Balaban J connectivity index is 1.42. The maximum atomic E-state index is 12.6. The second-order valence-corrected chi connectivity index (χ2v) is 7.81. The Labute approximate surface area is 170 Å². The number of aryl methyl sites for hydroxylation is 1. The van der Waals surface area contributed by atoms with Crippen LogP contribution in [0.25, 0.3) is 0 Å². The molecule has 0 aliphatic carbocycles. The Bertz CT molecular complexity index is 648. The van der Waals surface area contributed by atoms with Gasteiger partial charge in [-0.05, 0) is 25.9 Å². The van der Waals surface area contributed by atoms with Crippen LogP contribution in [0.3, 0.4) is 0 Å². The van der Waals surface area contributed by atoms with E-state index in [9.17, 15) is 9.59 Å². The van der Waals surface area contributed by atoms with Gasteiger partial charge in [0.25, 0.3) is 0 Å². The van der Waals surface area contributed by atoms with Crippen LogP contribution < -0.4 is 5.32 Å².